The number of hydrogen-bond acceptors (Lipinski definition) is 5. The van der Waals surface area contributed by atoms with Gasteiger partial charge < -0.3 is 4.42 Å². The van der Waals surface area contributed by atoms with Crippen LogP contribution in [0.2, 0.25) is 0 Å². The molecule has 0 radical (unpaired) electrons. The molecule has 1 aliphatic carbocycles. The molecule has 2 aromatic heterocycles. The van der Waals surface area contributed by atoms with Crippen molar-refractivity contribution in [2.45, 2.75) is 12.3 Å². The van der Waals surface area contributed by atoms with Gasteiger partial charge in [-0.25, -0.2) is 19.9 Å². The van der Waals surface area contributed by atoms with Gasteiger partial charge in [-0.05, 0) is 58.2 Å². The molecule has 2 heterocycles. The third-order valence-corrected chi connectivity index (χ3v) is 9.13. The molecule has 5 heteroatoms. The zero-order valence-electron chi connectivity index (χ0n) is 26.6. The fourth-order valence-corrected chi connectivity index (χ4v) is 6.65. The fourth-order valence-electron chi connectivity index (χ4n) is 6.65. The molecule has 1 unspecified atom stereocenters. The predicted molar refractivity (Wildman–Crippen MR) is 197 cm³/mol. The average Bonchev–Trinajstić information content (AvgIpc) is 3.62. The normalized spacial score (nSPS) is 13.8. The second kappa shape index (κ2) is 12.3. The first-order chi connectivity index (χ1) is 24.3. The fraction of sp³-hybridized carbons (Fsp3) is 0.0455. The molecule has 0 N–H and O–H groups in total. The minimum atomic E-state index is 0.150. The minimum Gasteiger partial charge on any atom is -0.436 e. The van der Waals surface area contributed by atoms with Crippen LogP contribution in [0.15, 0.2) is 156 Å². The van der Waals surface area contributed by atoms with E-state index in [2.05, 4.69) is 97.1 Å². The summed E-state index contributed by atoms with van der Waals surface area (Å²) >= 11 is 0. The van der Waals surface area contributed by atoms with Gasteiger partial charge in [0.15, 0.2) is 22.9 Å². The SMILES string of the molecule is C1=c2nc(-c3ccccc3)oc2=CCC1c1ccc(-c2nc(-c3ccccc3)nc(-c3ccc(-c4ccccc4)cc3)n2)c2ccccc12. The number of rotatable bonds is 6. The van der Waals surface area contributed by atoms with Gasteiger partial charge in [-0.2, -0.15) is 0 Å². The van der Waals surface area contributed by atoms with Crippen molar-refractivity contribution in [3.05, 3.63) is 168 Å². The number of aromatic nitrogens is 4. The van der Waals surface area contributed by atoms with Crippen LogP contribution in [0, 0.1) is 0 Å². The second-order valence-corrected chi connectivity index (χ2v) is 12.2. The highest BCUT2D eigenvalue weighted by Gasteiger charge is 2.20. The topological polar surface area (TPSA) is 64.7 Å². The lowest BCUT2D eigenvalue weighted by Crippen LogP contribution is -2.26. The maximum atomic E-state index is 6.14. The minimum absolute atomic E-state index is 0.150. The predicted octanol–water partition coefficient (Wildman–Crippen LogP) is 9.10. The summed E-state index contributed by atoms with van der Waals surface area (Å²) in [5.41, 5.74) is 8.21. The summed E-state index contributed by atoms with van der Waals surface area (Å²) < 4.78 is 6.14. The van der Waals surface area contributed by atoms with Gasteiger partial charge in [-0.1, -0.05) is 140 Å². The monoisotopic (exact) mass is 630 g/mol. The molecule has 0 saturated heterocycles. The van der Waals surface area contributed by atoms with Crippen LogP contribution in [0.25, 0.3) is 79.7 Å². The molecular formula is C44H30N4O. The first-order valence-electron chi connectivity index (χ1n) is 16.5. The molecule has 0 spiro atoms. The summed E-state index contributed by atoms with van der Waals surface area (Å²) in [7, 11) is 0. The largest absolute Gasteiger partial charge is 0.436 e. The molecule has 9 rings (SSSR count). The Bertz CT molecular complexity index is 2560. The van der Waals surface area contributed by atoms with Crippen LogP contribution in [0.1, 0.15) is 17.9 Å². The molecule has 232 valence electrons. The second-order valence-electron chi connectivity index (χ2n) is 12.2. The summed E-state index contributed by atoms with van der Waals surface area (Å²) in [5, 5.41) is 3.15. The van der Waals surface area contributed by atoms with Crippen LogP contribution in [-0.2, 0) is 0 Å². The Morgan fingerprint density at radius 3 is 1.67 bits per heavy atom. The summed E-state index contributed by atoms with van der Waals surface area (Å²) in [6, 6.07) is 51.9. The highest BCUT2D eigenvalue weighted by molar-refractivity contribution is 5.98. The number of nitrogens with zero attached hydrogens (tertiary/aromatic N) is 4. The Labute approximate surface area is 283 Å². The Kier molecular flexibility index (Phi) is 7.21. The Hall–Kier alpha value is -6.46. The van der Waals surface area contributed by atoms with E-state index in [1.807, 2.05) is 66.7 Å². The van der Waals surface area contributed by atoms with E-state index in [1.54, 1.807) is 0 Å². The van der Waals surface area contributed by atoms with Crippen molar-refractivity contribution < 1.29 is 4.42 Å². The number of fused-ring (bicyclic) bond motifs is 2. The molecule has 0 fully saturated rings. The third kappa shape index (κ3) is 5.51. The van der Waals surface area contributed by atoms with Crippen LogP contribution < -0.4 is 10.8 Å². The van der Waals surface area contributed by atoms with Crippen LogP contribution in [0.5, 0.6) is 0 Å². The van der Waals surface area contributed by atoms with Crippen molar-refractivity contribution in [2.24, 2.45) is 0 Å². The summed E-state index contributed by atoms with van der Waals surface area (Å²) in [6.07, 6.45) is 5.22. The van der Waals surface area contributed by atoms with Gasteiger partial charge in [0.1, 0.15) is 5.35 Å². The van der Waals surface area contributed by atoms with Gasteiger partial charge in [0.25, 0.3) is 0 Å². The first kappa shape index (κ1) is 28.7. The quantitative estimate of drug-likeness (QED) is 0.183. The van der Waals surface area contributed by atoms with Gasteiger partial charge in [0.2, 0.25) is 5.89 Å². The maximum Gasteiger partial charge on any atom is 0.227 e. The van der Waals surface area contributed by atoms with Crippen LogP contribution in [-0.4, -0.2) is 19.9 Å². The van der Waals surface area contributed by atoms with E-state index >= 15 is 0 Å². The number of oxazole rings is 1. The van der Waals surface area contributed by atoms with Crippen molar-refractivity contribution >= 4 is 22.9 Å². The van der Waals surface area contributed by atoms with Crippen molar-refractivity contribution in [1.82, 2.24) is 19.9 Å². The Morgan fingerprint density at radius 1 is 0.449 bits per heavy atom. The molecule has 0 saturated carbocycles. The summed E-state index contributed by atoms with van der Waals surface area (Å²) in [5.74, 6) is 2.72. The van der Waals surface area contributed by atoms with Gasteiger partial charge >= 0.3 is 0 Å². The smallest absolute Gasteiger partial charge is 0.227 e. The van der Waals surface area contributed by atoms with Crippen molar-refractivity contribution in [3.8, 4) is 56.7 Å². The summed E-state index contributed by atoms with van der Waals surface area (Å²) in [6.45, 7) is 0. The van der Waals surface area contributed by atoms with Crippen molar-refractivity contribution in [2.75, 3.05) is 0 Å². The van der Waals surface area contributed by atoms with E-state index in [0.29, 0.717) is 23.4 Å². The molecule has 1 atom stereocenters. The maximum absolute atomic E-state index is 6.14. The standard InChI is InChI=1S/C44H30N4O/c1-4-12-29(13-5-1)30-20-22-32(23-21-30)42-46-41(31-14-6-2-7-15-31)47-43(48-42)38-26-25-35(36-18-10-11-19-37(36)38)34-24-27-40-39(28-34)45-44(49-40)33-16-8-3-9-17-33/h1-23,25-28,34H,24H2. The number of benzene rings is 6. The Morgan fingerprint density at radius 2 is 0.980 bits per heavy atom. The molecule has 1 aliphatic rings. The third-order valence-electron chi connectivity index (χ3n) is 9.13. The van der Waals surface area contributed by atoms with Gasteiger partial charge in [0, 0.05) is 28.2 Å². The lowest BCUT2D eigenvalue weighted by molar-refractivity contribution is 0.536. The molecular weight excluding hydrogens is 601 g/mol. The highest BCUT2D eigenvalue weighted by Crippen LogP contribution is 2.36. The summed E-state index contributed by atoms with van der Waals surface area (Å²) in [4.78, 5) is 20.0. The van der Waals surface area contributed by atoms with Crippen LogP contribution >= 0.6 is 0 Å². The lowest BCUT2D eigenvalue weighted by atomic mass is 9.87. The molecule has 0 bridgehead atoms. The molecule has 0 amide bonds. The molecule has 5 nitrogen and oxygen atoms in total. The van der Waals surface area contributed by atoms with E-state index < -0.39 is 0 Å². The molecule has 0 aliphatic heterocycles. The molecule has 6 aromatic carbocycles. The zero-order chi connectivity index (χ0) is 32.6. The van der Waals surface area contributed by atoms with Crippen LogP contribution in [0.3, 0.4) is 0 Å². The molecule has 49 heavy (non-hydrogen) atoms. The first-order valence-corrected chi connectivity index (χ1v) is 16.5. The lowest BCUT2D eigenvalue weighted by Gasteiger charge is -2.17. The van der Waals surface area contributed by atoms with Gasteiger partial charge in [-0.3, -0.25) is 0 Å². The Balaban J connectivity index is 1.14. The van der Waals surface area contributed by atoms with E-state index in [1.165, 1.54) is 16.5 Å². The van der Waals surface area contributed by atoms with Gasteiger partial charge in [0.05, 0.1) is 0 Å². The van der Waals surface area contributed by atoms with E-state index in [0.717, 1.165) is 50.4 Å². The molecule has 8 aromatic rings. The van der Waals surface area contributed by atoms with Crippen LogP contribution in [0.4, 0.5) is 0 Å². The van der Waals surface area contributed by atoms with Gasteiger partial charge in [-0.15, -0.1) is 0 Å². The number of hydrogen-bond donors (Lipinski definition) is 0. The highest BCUT2D eigenvalue weighted by atomic mass is 16.3. The van der Waals surface area contributed by atoms with E-state index in [9.17, 15) is 0 Å². The average molecular weight is 631 g/mol. The van der Waals surface area contributed by atoms with Crippen molar-refractivity contribution in [1.29, 1.82) is 0 Å². The zero-order valence-corrected chi connectivity index (χ0v) is 26.6. The van der Waals surface area contributed by atoms with Crippen molar-refractivity contribution in [3.63, 3.8) is 0 Å². The van der Waals surface area contributed by atoms with E-state index in [-0.39, 0.29) is 5.92 Å². The van der Waals surface area contributed by atoms with E-state index in [4.69, 9.17) is 24.4 Å².